The first kappa shape index (κ1) is 16.9. The van der Waals surface area contributed by atoms with Crippen molar-refractivity contribution in [3.63, 3.8) is 0 Å². The SMILES string of the molecule is Cc1nc2[nH]cc(C(C)c3ccc(C(=O)NCC(=O)O)s3)c2c(=O)[nH]1. The minimum absolute atomic E-state index is 0.120. The Labute approximate surface area is 145 Å². The number of carboxylic acid groups (broad SMARTS) is 1. The zero-order valence-electron chi connectivity index (χ0n) is 13.5. The van der Waals surface area contributed by atoms with Crippen molar-refractivity contribution >= 4 is 34.2 Å². The standard InChI is InChI=1S/C16H16N4O4S/c1-7(9-5-17-14-13(9)16(24)20-8(2)19-14)10-3-4-11(25-10)15(23)18-6-12(21)22/h3-5,7H,6H2,1-2H3,(H,18,23)(H,21,22)(H2,17,19,20,24). The lowest BCUT2D eigenvalue weighted by Gasteiger charge is -2.07. The summed E-state index contributed by atoms with van der Waals surface area (Å²) in [5.74, 6) is -1.11. The molecule has 0 saturated heterocycles. The number of hydrogen-bond donors (Lipinski definition) is 4. The van der Waals surface area contributed by atoms with Crippen LogP contribution in [-0.4, -0.2) is 38.5 Å². The van der Waals surface area contributed by atoms with Gasteiger partial charge in [0.05, 0.1) is 10.3 Å². The molecule has 1 atom stereocenters. The molecule has 9 heteroatoms. The first-order chi connectivity index (χ1) is 11.9. The van der Waals surface area contributed by atoms with Gasteiger partial charge in [0.25, 0.3) is 11.5 Å². The molecule has 0 aliphatic carbocycles. The molecular weight excluding hydrogens is 344 g/mol. The van der Waals surface area contributed by atoms with Crippen molar-refractivity contribution in [2.75, 3.05) is 6.54 Å². The van der Waals surface area contributed by atoms with Gasteiger partial charge in [0.1, 0.15) is 18.0 Å². The molecule has 3 rings (SSSR count). The number of hydrogen-bond acceptors (Lipinski definition) is 5. The van der Waals surface area contributed by atoms with E-state index in [0.29, 0.717) is 21.7 Å². The molecular formula is C16H16N4O4S. The molecule has 0 radical (unpaired) electrons. The monoisotopic (exact) mass is 360 g/mol. The number of aromatic nitrogens is 3. The predicted molar refractivity (Wildman–Crippen MR) is 93.3 cm³/mol. The highest BCUT2D eigenvalue weighted by molar-refractivity contribution is 7.14. The predicted octanol–water partition coefficient (Wildman–Crippen LogP) is 1.59. The molecule has 0 bridgehead atoms. The zero-order chi connectivity index (χ0) is 18.1. The Morgan fingerprint density at radius 3 is 2.88 bits per heavy atom. The van der Waals surface area contributed by atoms with Gasteiger partial charge < -0.3 is 20.4 Å². The quantitative estimate of drug-likeness (QED) is 0.549. The van der Waals surface area contributed by atoms with Crippen molar-refractivity contribution in [2.45, 2.75) is 19.8 Å². The van der Waals surface area contributed by atoms with Gasteiger partial charge in [-0.3, -0.25) is 14.4 Å². The van der Waals surface area contributed by atoms with E-state index in [1.165, 1.54) is 11.3 Å². The maximum Gasteiger partial charge on any atom is 0.322 e. The lowest BCUT2D eigenvalue weighted by Crippen LogP contribution is -2.28. The average Bonchev–Trinajstić information content (AvgIpc) is 3.18. The van der Waals surface area contributed by atoms with Crippen LogP contribution in [0.2, 0.25) is 0 Å². The molecule has 4 N–H and O–H groups in total. The molecule has 1 unspecified atom stereocenters. The lowest BCUT2D eigenvalue weighted by molar-refractivity contribution is -0.135. The summed E-state index contributed by atoms with van der Waals surface area (Å²) in [5, 5.41) is 11.5. The number of nitrogens with one attached hydrogen (secondary N) is 3. The van der Waals surface area contributed by atoms with Gasteiger partial charge in [-0.25, -0.2) is 4.98 Å². The number of carbonyl (C=O) groups excluding carboxylic acids is 1. The molecule has 0 fully saturated rings. The number of aromatic amines is 2. The van der Waals surface area contributed by atoms with Crippen molar-refractivity contribution in [2.24, 2.45) is 0 Å². The van der Waals surface area contributed by atoms with Crippen LogP contribution in [0, 0.1) is 6.92 Å². The van der Waals surface area contributed by atoms with E-state index in [-0.39, 0.29) is 11.5 Å². The van der Waals surface area contributed by atoms with Crippen LogP contribution >= 0.6 is 11.3 Å². The van der Waals surface area contributed by atoms with Crippen LogP contribution in [0.1, 0.15) is 38.8 Å². The van der Waals surface area contributed by atoms with Crippen LogP contribution in [0.15, 0.2) is 23.1 Å². The summed E-state index contributed by atoms with van der Waals surface area (Å²) in [6, 6.07) is 3.45. The molecule has 3 heterocycles. The number of H-pyrrole nitrogens is 2. The van der Waals surface area contributed by atoms with E-state index in [0.717, 1.165) is 10.4 Å². The third-order valence-electron chi connectivity index (χ3n) is 3.83. The summed E-state index contributed by atoms with van der Waals surface area (Å²) >= 11 is 1.27. The number of nitrogens with zero attached hydrogens (tertiary/aromatic N) is 1. The smallest absolute Gasteiger partial charge is 0.322 e. The van der Waals surface area contributed by atoms with Gasteiger partial charge in [-0.05, 0) is 24.6 Å². The molecule has 25 heavy (non-hydrogen) atoms. The molecule has 3 aromatic heterocycles. The zero-order valence-corrected chi connectivity index (χ0v) is 14.4. The van der Waals surface area contributed by atoms with E-state index in [1.54, 1.807) is 25.3 Å². The van der Waals surface area contributed by atoms with Crippen molar-refractivity contribution in [1.82, 2.24) is 20.3 Å². The largest absolute Gasteiger partial charge is 0.480 e. The van der Waals surface area contributed by atoms with Crippen LogP contribution in [0.4, 0.5) is 0 Å². The van der Waals surface area contributed by atoms with E-state index in [1.807, 2.05) is 6.92 Å². The number of thiophene rings is 1. The Morgan fingerprint density at radius 2 is 2.16 bits per heavy atom. The summed E-state index contributed by atoms with van der Waals surface area (Å²) < 4.78 is 0. The fourth-order valence-electron chi connectivity index (χ4n) is 2.62. The van der Waals surface area contributed by atoms with Gasteiger partial charge >= 0.3 is 5.97 Å². The molecule has 3 aromatic rings. The van der Waals surface area contributed by atoms with E-state index >= 15 is 0 Å². The normalized spacial score (nSPS) is 12.2. The van der Waals surface area contributed by atoms with Crippen LogP contribution in [0.3, 0.4) is 0 Å². The number of aliphatic carboxylic acids is 1. The van der Waals surface area contributed by atoms with Crippen molar-refractivity contribution in [3.8, 4) is 0 Å². The second kappa shape index (κ2) is 6.52. The first-order valence-corrected chi connectivity index (χ1v) is 8.36. The Hall–Kier alpha value is -2.94. The minimum atomic E-state index is -1.10. The van der Waals surface area contributed by atoms with Gasteiger partial charge in [0.15, 0.2) is 0 Å². The molecule has 0 spiro atoms. The van der Waals surface area contributed by atoms with Crippen LogP contribution in [-0.2, 0) is 4.79 Å². The lowest BCUT2D eigenvalue weighted by atomic mass is 10.0. The number of rotatable bonds is 5. The summed E-state index contributed by atoms with van der Waals surface area (Å²) in [4.78, 5) is 46.0. The highest BCUT2D eigenvalue weighted by atomic mass is 32.1. The van der Waals surface area contributed by atoms with Gasteiger partial charge in [0, 0.05) is 17.0 Å². The average molecular weight is 360 g/mol. The highest BCUT2D eigenvalue weighted by Crippen LogP contribution is 2.32. The number of amides is 1. The second-order valence-electron chi connectivity index (χ2n) is 5.62. The molecule has 0 aromatic carbocycles. The number of carboxylic acids is 1. The van der Waals surface area contributed by atoms with E-state index in [9.17, 15) is 14.4 Å². The number of aryl methyl sites for hydroxylation is 1. The molecule has 0 saturated carbocycles. The van der Waals surface area contributed by atoms with Crippen LogP contribution in [0.5, 0.6) is 0 Å². The maximum absolute atomic E-state index is 12.2. The summed E-state index contributed by atoms with van der Waals surface area (Å²) in [6.07, 6.45) is 1.75. The van der Waals surface area contributed by atoms with E-state index in [4.69, 9.17) is 5.11 Å². The highest BCUT2D eigenvalue weighted by Gasteiger charge is 2.20. The Morgan fingerprint density at radius 1 is 1.40 bits per heavy atom. The van der Waals surface area contributed by atoms with Gasteiger partial charge in [0.2, 0.25) is 0 Å². The van der Waals surface area contributed by atoms with Crippen molar-refractivity contribution in [1.29, 1.82) is 0 Å². The first-order valence-electron chi connectivity index (χ1n) is 7.54. The third kappa shape index (κ3) is 3.31. The number of carbonyl (C=O) groups is 2. The summed E-state index contributed by atoms with van der Waals surface area (Å²) in [6.45, 7) is 3.23. The molecule has 0 aliphatic rings. The van der Waals surface area contributed by atoms with Gasteiger partial charge in [-0.15, -0.1) is 11.3 Å². The minimum Gasteiger partial charge on any atom is -0.480 e. The number of fused-ring (bicyclic) bond motifs is 1. The molecule has 0 aliphatic heterocycles. The summed E-state index contributed by atoms with van der Waals surface area (Å²) in [7, 11) is 0. The summed E-state index contributed by atoms with van der Waals surface area (Å²) in [5.41, 5.74) is 1.11. The topological polar surface area (TPSA) is 128 Å². The molecule has 130 valence electrons. The van der Waals surface area contributed by atoms with E-state index < -0.39 is 18.4 Å². The Balaban J connectivity index is 1.90. The Kier molecular flexibility index (Phi) is 4.41. The fraction of sp³-hybridized carbons (Fsp3) is 0.250. The van der Waals surface area contributed by atoms with Crippen LogP contribution < -0.4 is 10.9 Å². The second-order valence-corrected chi connectivity index (χ2v) is 6.73. The van der Waals surface area contributed by atoms with Gasteiger partial charge in [-0.1, -0.05) is 6.92 Å². The fourth-order valence-corrected chi connectivity index (χ4v) is 3.62. The van der Waals surface area contributed by atoms with Gasteiger partial charge in [-0.2, -0.15) is 0 Å². The third-order valence-corrected chi connectivity index (χ3v) is 5.10. The van der Waals surface area contributed by atoms with Crippen molar-refractivity contribution in [3.05, 3.63) is 49.8 Å². The maximum atomic E-state index is 12.2. The van der Waals surface area contributed by atoms with Crippen LogP contribution in [0.25, 0.3) is 11.0 Å². The van der Waals surface area contributed by atoms with E-state index in [2.05, 4.69) is 20.3 Å². The Bertz CT molecular complexity index is 1020. The molecule has 8 nitrogen and oxygen atoms in total. The van der Waals surface area contributed by atoms with Crippen molar-refractivity contribution < 1.29 is 14.7 Å². The molecule has 1 amide bonds.